The number of H-pyrrole nitrogens is 1. The van der Waals surface area contributed by atoms with Crippen molar-refractivity contribution in [3.05, 3.63) is 87.5 Å². The van der Waals surface area contributed by atoms with Gasteiger partial charge in [0.1, 0.15) is 5.82 Å². The molecule has 6 rings (SSSR count). The van der Waals surface area contributed by atoms with E-state index in [4.69, 9.17) is 9.51 Å². The maximum absolute atomic E-state index is 9.68. The number of rotatable bonds is 3. The minimum absolute atomic E-state index is 0.400. The monoisotopic (exact) mass is 518 g/mol. The van der Waals surface area contributed by atoms with E-state index in [0.29, 0.717) is 40.7 Å². The number of aromatic nitrogens is 4. The molecule has 1 N–H and O–H groups in total. The van der Waals surface area contributed by atoms with Crippen LogP contribution >= 0.6 is 15.9 Å². The van der Waals surface area contributed by atoms with Gasteiger partial charge in [-0.25, -0.2) is 4.98 Å². The number of aromatic amines is 1. The molecule has 0 atom stereocenters. The second-order valence-electron chi connectivity index (χ2n) is 8.24. The molecule has 0 saturated carbocycles. The van der Waals surface area contributed by atoms with E-state index in [-0.39, 0.29) is 0 Å². The number of nitrogens with zero attached hydrogens (tertiary/aromatic N) is 5. The van der Waals surface area contributed by atoms with Gasteiger partial charge in [-0.2, -0.15) is 15.5 Å². The normalized spacial score (nSPS) is 11.2. The zero-order valence-electron chi connectivity index (χ0n) is 18.4. The van der Waals surface area contributed by atoms with Gasteiger partial charge in [0, 0.05) is 15.2 Å². The van der Waals surface area contributed by atoms with Crippen molar-refractivity contribution in [2.24, 2.45) is 0 Å². The maximum Gasteiger partial charge on any atom is 0.231 e. The van der Waals surface area contributed by atoms with Gasteiger partial charge in [0.25, 0.3) is 0 Å². The van der Waals surface area contributed by atoms with Crippen LogP contribution in [0.15, 0.2) is 63.6 Å². The van der Waals surface area contributed by atoms with Crippen LogP contribution in [-0.2, 0) is 6.42 Å². The van der Waals surface area contributed by atoms with E-state index in [1.807, 2.05) is 18.2 Å². The Morgan fingerprint density at radius 2 is 1.66 bits per heavy atom. The molecule has 0 amide bonds. The maximum atomic E-state index is 9.68. The third-order valence-electron chi connectivity index (χ3n) is 6.05. The predicted molar refractivity (Wildman–Crippen MR) is 136 cm³/mol. The molecule has 2 heterocycles. The Hall–Kier alpha value is -4.53. The van der Waals surface area contributed by atoms with Crippen molar-refractivity contribution in [3.8, 4) is 23.5 Å². The van der Waals surface area contributed by atoms with Crippen molar-refractivity contribution in [1.29, 1.82) is 10.5 Å². The van der Waals surface area contributed by atoms with Gasteiger partial charge in [-0.1, -0.05) is 45.4 Å². The van der Waals surface area contributed by atoms with Crippen LogP contribution in [0.3, 0.4) is 0 Å². The largest absolute Gasteiger partial charge is 0.339 e. The molecule has 0 aliphatic rings. The molecule has 0 aliphatic carbocycles. The molecule has 0 bridgehead atoms. The lowest BCUT2D eigenvalue weighted by Gasteiger charge is -2.08. The topological polar surface area (TPSA) is 115 Å². The molecule has 7 nitrogen and oxygen atoms in total. The number of benzene rings is 4. The van der Waals surface area contributed by atoms with Crippen molar-refractivity contribution in [2.75, 3.05) is 0 Å². The van der Waals surface area contributed by atoms with Crippen LogP contribution in [0, 0.1) is 29.6 Å². The standard InChI is InChI=1S/C27H15BrN6O/c1-14-31-23(35-34-14)10-15-5-7-19-21(9-15)22-11-18(28)6-8-20(22)26-25(19)32-27(33-26)24-16(12-29)3-2-4-17(24)13-30/h2-9,11H,10H2,1H3,(H,32,33). The molecule has 0 aliphatic heterocycles. The van der Waals surface area contributed by atoms with Crippen LogP contribution < -0.4 is 0 Å². The van der Waals surface area contributed by atoms with Gasteiger partial charge >= 0.3 is 0 Å². The summed E-state index contributed by atoms with van der Waals surface area (Å²) in [5.41, 5.74) is 3.99. The zero-order chi connectivity index (χ0) is 24.1. The van der Waals surface area contributed by atoms with Gasteiger partial charge in [-0.3, -0.25) is 0 Å². The molecule has 0 unspecified atom stereocenters. The summed E-state index contributed by atoms with van der Waals surface area (Å²) in [4.78, 5) is 12.6. The number of hydrogen-bond acceptors (Lipinski definition) is 6. The Bertz CT molecular complexity index is 1850. The van der Waals surface area contributed by atoms with Gasteiger partial charge in [0.15, 0.2) is 5.82 Å². The number of nitrogens with one attached hydrogen (secondary N) is 1. The SMILES string of the molecule is Cc1noc(Cc2ccc3c(c2)c2cc(Br)ccc2c2nc(-c4c(C#N)cccc4C#N)[nH]c32)n1. The summed E-state index contributed by atoms with van der Waals surface area (Å²) >= 11 is 3.60. The number of hydrogen-bond donors (Lipinski definition) is 1. The fourth-order valence-corrected chi connectivity index (χ4v) is 4.91. The van der Waals surface area contributed by atoms with Crippen LogP contribution in [-0.4, -0.2) is 20.1 Å². The van der Waals surface area contributed by atoms with Gasteiger partial charge in [0.2, 0.25) is 5.89 Å². The Morgan fingerprint density at radius 1 is 0.914 bits per heavy atom. The molecular formula is C27H15BrN6O. The third kappa shape index (κ3) is 3.43. The first kappa shape index (κ1) is 21.0. The van der Waals surface area contributed by atoms with Crippen molar-refractivity contribution >= 4 is 48.5 Å². The summed E-state index contributed by atoms with van der Waals surface area (Å²) in [7, 11) is 0. The fraction of sp³-hybridized carbons (Fsp3) is 0.0741. The molecule has 4 aromatic carbocycles. The minimum atomic E-state index is 0.400. The second kappa shape index (κ2) is 8.05. The summed E-state index contributed by atoms with van der Waals surface area (Å²) in [6, 6.07) is 21.8. The van der Waals surface area contributed by atoms with E-state index in [1.165, 1.54) is 0 Å². The first-order valence-electron chi connectivity index (χ1n) is 10.8. The smallest absolute Gasteiger partial charge is 0.231 e. The lowest BCUT2D eigenvalue weighted by molar-refractivity contribution is 0.381. The van der Waals surface area contributed by atoms with Crippen LogP contribution in [0.25, 0.3) is 44.0 Å². The fourth-order valence-electron chi connectivity index (χ4n) is 4.55. The first-order valence-corrected chi connectivity index (χ1v) is 11.6. The summed E-state index contributed by atoms with van der Waals surface area (Å²) in [5, 5.41) is 27.3. The van der Waals surface area contributed by atoms with E-state index < -0.39 is 0 Å². The Balaban J connectivity index is 1.65. The van der Waals surface area contributed by atoms with Crippen LogP contribution in [0.5, 0.6) is 0 Å². The van der Waals surface area contributed by atoms with Crippen molar-refractivity contribution in [1.82, 2.24) is 20.1 Å². The van der Waals surface area contributed by atoms with Gasteiger partial charge in [-0.05, 0) is 53.6 Å². The summed E-state index contributed by atoms with van der Waals surface area (Å²) < 4.78 is 6.27. The average Bonchev–Trinajstić information content (AvgIpc) is 3.49. The molecule has 6 aromatic rings. The number of aryl methyl sites for hydroxylation is 1. The number of imidazole rings is 1. The highest BCUT2D eigenvalue weighted by Crippen LogP contribution is 2.38. The van der Waals surface area contributed by atoms with E-state index >= 15 is 0 Å². The summed E-state index contributed by atoms with van der Waals surface area (Å²) in [6.45, 7) is 1.80. The van der Waals surface area contributed by atoms with Crippen LogP contribution in [0.4, 0.5) is 0 Å². The molecule has 166 valence electrons. The molecule has 2 aromatic heterocycles. The highest BCUT2D eigenvalue weighted by atomic mass is 79.9. The zero-order valence-corrected chi connectivity index (χ0v) is 20.0. The Morgan fingerprint density at radius 3 is 2.37 bits per heavy atom. The molecular weight excluding hydrogens is 504 g/mol. The van der Waals surface area contributed by atoms with Gasteiger partial charge in [0.05, 0.1) is 46.3 Å². The highest BCUT2D eigenvalue weighted by Gasteiger charge is 2.19. The molecule has 8 heteroatoms. The van der Waals surface area contributed by atoms with E-state index in [2.05, 4.69) is 61.4 Å². The quantitative estimate of drug-likeness (QED) is 0.274. The Kier molecular flexibility index (Phi) is 4.84. The van der Waals surface area contributed by atoms with Crippen molar-refractivity contribution in [3.63, 3.8) is 0 Å². The van der Waals surface area contributed by atoms with Crippen molar-refractivity contribution in [2.45, 2.75) is 13.3 Å². The second-order valence-corrected chi connectivity index (χ2v) is 9.16. The van der Waals surface area contributed by atoms with Crippen molar-refractivity contribution < 1.29 is 4.52 Å². The number of fused-ring (bicyclic) bond motifs is 6. The molecule has 35 heavy (non-hydrogen) atoms. The summed E-state index contributed by atoms with van der Waals surface area (Å²) in [6.07, 6.45) is 0.527. The third-order valence-corrected chi connectivity index (χ3v) is 6.54. The average molecular weight is 519 g/mol. The van der Waals surface area contributed by atoms with Gasteiger partial charge in [-0.15, -0.1) is 0 Å². The Labute approximate surface area is 207 Å². The minimum Gasteiger partial charge on any atom is -0.339 e. The van der Waals surface area contributed by atoms with E-state index in [1.54, 1.807) is 25.1 Å². The highest BCUT2D eigenvalue weighted by molar-refractivity contribution is 9.10. The summed E-state index contributed by atoms with van der Waals surface area (Å²) in [5.74, 6) is 1.67. The molecule has 0 fully saturated rings. The van der Waals surface area contributed by atoms with E-state index in [0.717, 1.165) is 42.6 Å². The number of nitriles is 2. The lowest BCUT2D eigenvalue weighted by Crippen LogP contribution is -1.91. The molecule has 0 spiro atoms. The predicted octanol–water partition coefficient (Wildman–Crippen LogP) is 6.32. The van der Waals surface area contributed by atoms with Gasteiger partial charge < -0.3 is 9.51 Å². The van der Waals surface area contributed by atoms with Crippen LogP contribution in [0.1, 0.15) is 28.4 Å². The molecule has 0 radical (unpaired) electrons. The first-order chi connectivity index (χ1) is 17.1. The van der Waals surface area contributed by atoms with Crippen LogP contribution in [0.2, 0.25) is 0 Å². The van der Waals surface area contributed by atoms with E-state index in [9.17, 15) is 10.5 Å². The lowest BCUT2D eigenvalue weighted by atomic mass is 9.97. The molecule has 0 saturated heterocycles. The number of halogens is 1.